The van der Waals surface area contributed by atoms with Crippen LogP contribution in [0, 0.1) is 5.92 Å². The number of halogens is 1. The number of nitrogens with one attached hydrogen (secondary N) is 2. The van der Waals surface area contributed by atoms with E-state index in [0.29, 0.717) is 18.1 Å². The van der Waals surface area contributed by atoms with Crippen molar-refractivity contribution in [3.8, 4) is 0 Å². The number of fused-ring (bicyclic) bond motifs is 1. The van der Waals surface area contributed by atoms with E-state index in [9.17, 15) is 4.79 Å². The van der Waals surface area contributed by atoms with Crippen molar-refractivity contribution in [1.82, 2.24) is 15.3 Å². The van der Waals surface area contributed by atoms with Crippen LogP contribution in [0.4, 0.5) is 5.95 Å². The van der Waals surface area contributed by atoms with Gasteiger partial charge < -0.3 is 15.2 Å². The Morgan fingerprint density at radius 3 is 3.20 bits per heavy atom. The molecule has 1 aliphatic rings. The van der Waals surface area contributed by atoms with Crippen LogP contribution in [0.3, 0.4) is 0 Å². The van der Waals surface area contributed by atoms with Gasteiger partial charge in [-0.2, -0.15) is 0 Å². The quantitative estimate of drug-likeness (QED) is 0.730. The van der Waals surface area contributed by atoms with Crippen LogP contribution in [-0.4, -0.2) is 29.0 Å². The molecule has 0 bridgehead atoms. The number of H-pyrrole nitrogens is 1. The zero-order valence-corrected chi connectivity index (χ0v) is 15.2. The lowest BCUT2D eigenvalue weighted by Crippen LogP contribution is -2.43. The van der Waals surface area contributed by atoms with E-state index in [1.807, 2.05) is 35.7 Å². The molecule has 1 atom stereocenters. The average molecular weight is 375 g/mol. The normalized spacial score (nSPS) is 17.8. The minimum Gasteiger partial charge on any atom is -0.351 e. The van der Waals surface area contributed by atoms with Crippen LogP contribution in [0.2, 0.25) is 5.02 Å². The van der Waals surface area contributed by atoms with Crippen LogP contribution in [0.15, 0.2) is 35.7 Å². The highest BCUT2D eigenvalue weighted by molar-refractivity contribution is 7.09. The minimum absolute atomic E-state index is 0.00878. The molecule has 2 aromatic heterocycles. The highest BCUT2D eigenvalue weighted by Gasteiger charge is 2.27. The Bertz CT molecular complexity index is 876. The molecule has 1 aliphatic heterocycles. The van der Waals surface area contributed by atoms with Crippen LogP contribution < -0.4 is 10.2 Å². The molecule has 5 nitrogen and oxygen atoms in total. The summed E-state index contributed by atoms with van der Waals surface area (Å²) in [6.07, 6.45) is 1.90. The molecule has 0 spiro atoms. The van der Waals surface area contributed by atoms with Gasteiger partial charge in [0.15, 0.2) is 0 Å². The average Bonchev–Trinajstić information content (AvgIpc) is 3.28. The SMILES string of the molecule is O=C(NCc1cccs1)[C@H]1CCCN(c2nc3ccc(Cl)cc3[nH]2)C1. The largest absolute Gasteiger partial charge is 0.351 e. The highest BCUT2D eigenvalue weighted by Crippen LogP contribution is 2.25. The molecule has 3 aromatic rings. The summed E-state index contributed by atoms with van der Waals surface area (Å²) >= 11 is 7.70. The van der Waals surface area contributed by atoms with Crippen LogP contribution >= 0.6 is 22.9 Å². The zero-order chi connectivity index (χ0) is 17.2. The molecule has 25 heavy (non-hydrogen) atoms. The Balaban J connectivity index is 1.43. The van der Waals surface area contributed by atoms with E-state index in [4.69, 9.17) is 11.6 Å². The van der Waals surface area contributed by atoms with Crippen molar-refractivity contribution >= 4 is 45.8 Å². The van der Waals surface area contributed by atoms with Crippen LogP contribution in [0.5, 0.6) is 0 Å². The van der Waals surface area contributed by atoms with E-state index < -0.39 is 0 Å². The summed E-state index contributed by atoms with van der Waals surface area (Å²) in [4.78, 5) is 23.8. The number of benzene rings is 1. The number of nitrogens with zero attached hydrogens (tertiary/aromatic N) is 2. The van der Waals surface area contributed by atoms with Crippen LogP contribution in [0.1, 0.15) is 17.7 Å². The van der Waals surface area contributed by atoms with Gasteiger partial charge in [0.05, 0.1) is 23.5 Å². The molecule has 3 heterocycles. The summed E-state index contributed by atoms with van der Waals surface area (Å²) in [7, 11) is 0. The molecule has 1 amide bonds. The lowest BCUT2D eigenvalue weighted by molar-refractivity contribution is -0.125. The topological polar surface area (TPSA) is 61.0 Å². The van der Waals surface area contributed by atoms with E-state index >= 15 is 0 Å². The summed E-state index contributed by atoms with van der Waals surface area (Å²) in [6, 6.07) is 9.67. The number of carbonyl (C=O) groups is 1. The maximum Gasteiger partial charge on any atom is 0.225 e. The highest BCUT2D eigenvalue weighted by atomic mass is 35.5. The van der Waals surface area contributed by atoms with Gasteiger partial charge in [-0.25, -0.2) is 4.98 Å². The van der Waals surface area contributed by atoms with E-state index in [2.05, 4.69) is 20.2 Å². The molecule has 1 saturated heterocycles. The Morgan fingerprint density at radius 2 is 2.36 bits per heavy atom. The second kappa shape index (κ2) is 7.06. The molecule has 7 heteroatoms. The van der Waals surface area contributed by atoms with Crippen molar-refractivity contribution in [2.24, 2.45) is 5.92 Å². The fraction of sp³-hybridized carbons (Fsp3) is 0.333. The zero-order valence-electron chi connectivity index (χ0n) is 13.7. The van der Waals surface area contributed by atoms with Crippen molar-refractivity contribution in [1.29, 1.82) is 0 Å². The molecule has 0 aliphatic carbocycles. The Kier molecular flexibility index (Phi) is 4.63. The third-order valence-corrected chi connectivity index (χ3v) is 5.65. The lowest BCUT2D eigenvalue weighted by Gasteiger charge is -2.31. The van der Waals surface area contributed by atoms with E-state index in [-0.39, 0.29) is 11.8 Å². The fourth-order valence-corrected chi connectivity index (χ4v) is 4.05. The molecule has 0 saturated carbocycles. The van der Waals surface area contributed by atoms with Gasteiger partial charge in [-0.15, -0.1) is 11.3 Å². The van der Waals surface area contributed by atoms with E-state index in [1.165, 1.54) is 4.88 Å². The predicted octanol–water partition coefficient (Wildman–Crippen LogP) is 3.81. The Labute approximate surface area is 155 Å². The molecule has 2 N–H and O–H groups in total. The summed E-state index contributed by atoms with van der Waals surface area (Å²) in [6.45, 7) is 2.20. The number of aromatic nitrogens is 2. The van der Waals surface area contributed by atoms with Gasteiger partial charge in [-0.3, -0.25) is 4.79 Å². The van der Waals surface area contributed by atoms with Crippen molar-refractivity contribution in [3.63, 3.8) is 0 Å². The number of thiophene rings is 1. The van der Waals surface area contributed by atoms with E-state index in [0.717, 1.165) is 36.4 Å². The van der Waals surface area contributed by atoms with Gasteiger partial charge in [0.1, 0.15) is 0 Å². The molecule has 4 rings (SSSR count). The number of imidazole rings is 1. The molecular formula is C18H19ClN4OS. The first kappa shape index (κ1) is 16.4. The maximum atomic E-state index is 12.5. The second-order valence-corrected chi connectivity index (χ2v) is 7.77. The number of amides is 1. The number of carbonyl (C=O) groups excluding carboxylic acids is 1. The van der Waals surface area contributed by atoms with Gasteiger partial charge in [-0.1, -0.05) is 17.7 Å². The van der Waals surface area contributed by atoms with Gasteiger partial charge in [0, 0.05) is 23.0 Å². The van der Waals surface area contributed by atoms with Gasteiger partial charge in [0.2, 0.25) is 11.9 Å². The first-order chi connectivity index (χ1) is 12.2. The number of hydrogen-bond donors (Lipinski definition) is 2. The summed E-state index contributed by atoms with van der Waals surface area (Å²) < 4.78 is 0. The summed E-state index contributed by atoms with van der Waals surface area (Å²) in [5.74, 6) is 0.927. The fourth-order valence-electron chi connectivity index (χ4n) is 3.23. The first-order valence-electron chi connectivity index (χ1n) is 8.39. The molecule has 0 radical (unpaired) electrons. The summed E-state index contributed by atoms with van der Waals surface area (Å²) in [5.41, 5.74) is 1.82. The lowest BCUT2D eigenvalue weighted by atomic mass is 9.97. The molecule has 130 valence electrons. The molecule has 1 fully saturated rings. The smallest absolute Gasteiger partial charge is 0.225 e. The van der Waals surface area contributed by atoms with Crippen molar-refractivity contribution in [2.75, 3.05) is 18.0 Å². The molecule has 1 aromatic carbocycles. The van der Waals surface area contributed by atoms with Crippen LogP contribution in [-0.2, 0) is 11.3 Å². The maximum absolute atomic E-state index is 12.5. The monoisotopic (exact) mass is 374 g/mol. The number of hydrogen-bond acceptors (Lipinski definition) is 4. The van der Waals surface area contributed by atoms with Gasteiger partial charge in [-0.05, 0) is 42.5 Å². The number of aromatic amines is 1. The number of rotatable bonds is 4. The van der Waals surface area contributed by atoms with Crippen LogP contribution in [0.25, 0.3) is 11.0 Å². The van der Waals surface area contributed by atoms with Crippen molar-refractivity contribution in [2.45, 2.75) is 19.4 Å². The number of anilines is 1. The second-order valence-electron chi connectivity index (χ2n) is 6.30. The third-order valence-electron chi connectivity index (χ3n) is 4.54. The minimum atomic E-state index is -0.00878. The Morgan fingerprint density at radius 1 is 1.44 bits per heavy atom. The van der Waals surface area contributed by atoms with E-state index in [1.54, 1.807) is 11.3 Å². The predicted molar refractivity (Wildman–Crippen MR) is 102 cm³/mol. The van der Waals surface area contributed by atoms with Gasteiger partial charge >= 0.3 is 0 Å². The standard InChI is InChI=1S/C18H19ClN4OS/c19-13-5-6-15-16(9-13)22-18(21-15)23-7-1-3-12(11-23)17(24)20-10-14-4-2-8-25-14/h2,4-6,8-9,12H,1,3,7,10-11H2,(H,20,24)(H,21,22)/t12-/m0/s1. The van der Waals surface area contributed by atoms with Gasteiger partial charge in [0.25, 0.3) is 0 Å². The van der Waals surface area contributed by atoms with Crippen molar-refractivity contribution in [3.05, 3.63) is 45.6 Å². The first-order valence-corrected chi connectivity index (χ1v) is 9.65. The van der Waals surface area contributed by atoms with Crippen molar-refractivity contribution < 1.29 is 4.79 Å². The third kappa shape index (κ3) is 3.65. The summed E-state index contributed by atoms with van der Waals surface area (Å²) in [5, 5.41) is 5.77. The number of piperidine rings is 1. The molecular weight excluding hydrogens is 356 g/mol. The Hall–Kier alpha value is -2.05. The molecule has 0 unspecified atom stereocenters.